The zero-order valence-electron chi connectivity index (χ0n) is 18.9. The lowest BCUT2D eigenvalue weighted by molar-refractivity contribution is -0.147. The van der Waals surface area contributed by atoms with Gasteiger partial charge in [-0.25, -0.2) is 0 Å². The van der Waals surface area contributed by atoms with Gasteiger partial charge in [0.25, 0.3) is 6.47 Å². The summed E-state index contributed by atoms with van der Waals surface area (Å²) >= 11 is 0. The largest absolute Gasteiger partial charge is 0.508 e. The number of phenols is 2. The molecule has 0 aliphatic rings. The predicted octanol–water partition coefficient (Wildman–Crippen LogP) is 5.37. The van der Waals surface area contributed by atoms with Gasteiger partial charge in [-0.3, -0.25) is 9.59 Å². The first kappa shape index (κ1) is 25.8. The number of ether oxygens (including phenoxy) is 1. The van der Waals surface area contributed by atoms with Crippen LogP contribution in [0.3, 0.4) is 0 Å². The number of benzene rings is 1. The van der Waals surface area contributed by atoms with E-state index >= 15 is 0 Å². The van der Waals surface area contributed by atoms with Crippen LogP contribution in [-0.4, -0.2) is 33.4 Å². The van der Waals surface area contributed by atoms with Gasteiger partial charge < -0.3 is 20.1 Å². The first-order valence-electron chi connectivity index (χ1n) is 10.9. The Morgan fingerprint density at radius 2 is 1.37 bits per heavy atom. The number of aryl methyl sites for hydroxylation is 2. The monoisotopic (exact) mass is 422 g/mol. The van der Waals surface area contributed by atoms with Crippen LogP contribution < -0.4 is 0 Å². The molecule has 0 fully saturated rings. The van der Waals surface area contributed by atoms with Crippen LogP contribution in [0, 0.1) is 5.41 Å². The molecule has 6 nitrogen and oxygen atoms in total. The Bertz CT molecular complexity index is 693. The van der Waals surface area contributed by atoms with Gasteiger partial charge in [0.1, 0.15) is 17.1 Å². The third-order valence-electron chi connectivity index (χ3n) is 5.70. The van der Waals surface area contributed by atoms with Crippen LogP contribution in [0.15, 0.2) is 12.1 Å². The molecular weight excluding hydrogens is 384 g/mol. The van der Waals surface area contributed by atoms with Crippen molar-refractivity contribution in [1.82, 2.24) is 0 Å². The van der Waals surface area contributed by atoms with Crippen molar-refractivity contribution >= 4 is 12.4 Å². The Balaban J connectivity index is 2.46. The summed E-state index contributed by atoms with van der Waals surface area (Å²) in [5, 5.41) is 29.5. The fourth-order valence-corrected chi connectivity index (χ4v) is 3.47. The third kappa shape index (κ3) is 9.06. The van der Waals surface area contributed by atoms with Crippen LogP contribution >= 0.6 is 0 Å². The molecule has 30 heavy (non-hydrogen) atoms. The minimum absolute atomic E-state index is 0.106. The van der Waals surface area contributed by atoms with Crippen LogP contribution in [0.4, 0.5) is 0 Å². The van der Waals surface area contributed by atoms with Crippen molar-refractivity contribution in [3.05, 3.63) is 23.3 Å². The van der Waals surface area contributed by atoms with Crippen molar-refractivity contribution in [2.45, 2.75) is 97.5 Å². The molecule has 1 rings (SSSR count). The molecule has 0 saturated carbocycles. The minimum Gasteiger partial charge on any atom is -0.508 e. The summed E-state index contributed by atoms with van der Waals surface area (Å²) < 4.78 is 5.05. The first-order valence-corrected chi connectivity index (χ1v) is 10.9. The van der Waals surface area contributed by atoms with E-state index in [9.17, 15) is 19.8 Å². The molecule has 0 radical (unpaired) electrons. The zero-order chi connectivity index (χ0) is 22.8. The lowest BCUT2D eigenvalue weighted by Gasteiger charge is -2.22. The number of carbonyl (C=O) groups is 2. The van der Waals surface area contributed by atoms with Gasteiger partial charge in [-0.05, 0) is 89.8 Å². The van der Waals surface area contributed by atoms with Crippen LogP contribution in [0.1, 0.15) is 90.2 Å². The molecule has 0 saturated heterocycles. The fraction of sp³-hybridized carbons (Fsp3) is 0.667. The molecule has 1 aromatic rings. The summed E-state index contributed by atoms with van der Waals surface area (Å²) in [6.07, 6.45) is 8.21. The van der Waals surface area contributed by atoms with Crippen LogP contribution in [0.5, 0.6) is 11.5 Å². The summed E-state index contributed by atoms with van der Waals surface area (Å²) in [7, 11) is 0. The average Bonchev–Trinajstić information content (AvgIpc) is 2.63. The maximum absolute atomic E-state index is 11.1. The number of rotatable bonds is 15. The SMILES string of the molecule is CC(C)(CCCCCc1cc(CCCCCC(C)(C)C(=O)O)c(O)cc1O)OC=O. The Morgan fingerprint density at radius 1 is 0.867 bits per heavy atom. The molecule has 0 spiro atoms. The summed E-state index contributed by atoms with van der Waals surface area (Å²) in [6.45, 7) is 7.75. The molecule has 0 amide bonds. The number of carboxylic acids is 1. The van der Waals surface area contributed by atoms with Gasteiger partial charge >= 0.3 is 5.97 Å². The molecule has 0 aliphatic heterocycles. The number of hydrogen-bond donors (Lipinski definition) is 3. The normalized spacial score (nSPS) is 12.0. The third-order valence-corrected chi connectivity index (χ3v) is 5.70. The molecule has 0 heterocycles. The number of carbonyl (C=O) groups excluding carboxylic acids is 1. The quantitative estimate of drug-likeness (QED) is 0.259. The number of carboxylic acid groups (broad SMARTS) is 1. The van der Waals surface area contributed by atoms with E-state index in [0.29, 0.717) is 19.3 Å². The molecule has 1 aromatic carbocycles. The van der Waals surface area contributed by atoms with E-state index in [2.05, 4.69) is 0 Å². The summed E-state index contributed by atoms with van der Waals surface area (Å²) in [5.74, 6) is -0.554. The smallest absolute Gasteiger partial charge is 0.309 e. The standard InChI is InChI=1S/C24H38O6/c1-23(2,22(28)29)13-9-5-7-11-18-15-19(21(27)16-20(18)26)12-8-6-10-14-24(3,4)30-17-25/h15-17,26-27H,5-14H2,1-4H3,(H,28,29). The summed E-state index contributed by atoms with van der Waals surface area (Å²) in [6, 6.07) is 3.30. The van der Waals surface area contributed by atoms with Gasteiger partial charge in [0.2, 0.25) is 0 Å². The van der Waals surface area contributed by atoms with Crippen LogP contribution in [0.25, 0.3) is 0 Å². The molecule has 170 valence electrons. The number of phenolic OH excluding ortho intramolecular Hbond substituents is 2. The van der Waals surface area contributed by atoms with Gasteiger partial charge in [0.05, 0.1) is 5.41 Å². The van der Waals surface area contributed by atoms with Crippen molar-refractivity contribution < 1.29 is 29.6 Å². The maximum Gasteiger partial charge on any atom is 0.309 e. The Morgan fingerprint density at radius 3 is 1.83 bits per heavy atom. The van der Waals surface area contributed by atoms with Gasteiger partial charge in [-0.15, -0.1) is 0 Å². The number of aromatic hydroxyl groups is 2. The van der Waals surface area contributed by atoms with E-state index in [4.69, 9.17) is 9.84 Å². The highest BCUT2D eigenvalue weighted by Gasteiger charge is 2.26. The molecule has 0 unspecified atom stereocenters. The maximum atomic E-state index is 11.1. The lowest BCUT2D eigenvalue weighted by atomic mass is 9.87. The van der Waals surface area contributed by atoms with Crippen LogP contribution in [0.2, 0.25) is 0 Å². The molecular formula is C24H38O6. The molecule has 6 heteroatoms. The first-order chi connectivity index (χ1) is 14.0. The van der Waals surface area contributed by atoms with E-state index in [-0.39, 0.29) is 11.5 Å². The van der Waals surface area contributed by atoms with Gasteiger partial charge in [-0.1, -0.05) is 19.3 Å². The number of unbranched alkanes of at least 4 members (excludes halogenated alkanes) is 4. The summed E-state index contributed by atoms with van der Waals surface area (Å²) in [5.41, 5.74) is 0.497. The molecule has 0 atom stereocenters. The van der Waals surface area contributed by atoms with Crippen LogP contribution in [-0.2, 0) is 27.2 Å². The molecule has 0 aliphatic carbocycles. The van der Waals surface area contributed by atoms with Crippen molar-refractivity contribution in [2.24, 2.45) is 5.41 Å². The second-order valence-electron chi connectivity index (χ2n) is 9.39. The van der Waals surface area contributed by atoms with Crippen molar-refractivity contribution in [3.63, 3.8) is 0 Å². The fourth-order valence-electron chi connectivity index (χ4n) is 3.47. The molecule has 0 aromatic heterocycles. The number of hydrogen-bond acceptors (Lipinski definition) is 5. The van der Waals surface area contributed by atoms with Gasteiger partial charge in [-0.2, -0.15) is 0 Å². The average molecular weight is 423 g/mol. The minimum atomic E-state index is -0.775. The Kier molecular flexibility index (Phi) is 10.2. The lowest BCUT2D eigenvalue weighted by Crippen LogP contribution is -2.23. The Labute approximate surface area is 180 Å². The molecule has 3 N–H and O–H groups in total. The summed E-state index contributed by atoms with van der Waals surface area (Å²) in [4.78, 5) is 21.6. The van der Waals surface area contributed by atoms with Gasteiger partial charge in [0, 0.05) is 6.07 Å². The highest BCUT2D eigenvalue weighted by molar-refractivity contribution is 5.73. The molecule has 0 bridgehead atoms. The zero-order valence-corrected chi connectivity index (χ0v) is 18.9. The highest BCUT2D eigenvalue weighted by Crippen LogP contribution is 2.31. The van der Waals surface area contributed by atoms with E-state index in [1.54, 1.807) is 13.8 Å². The predicted molar refractivity (Wildman–Crippen MR) is 117 cm³/mol. The second kappa shape index (κ2) is 11.8. The van der Waals surface area contributed by atoms with E-state index in [1.807, 2.05) is 19.9 Å². The van der Waals surface area contributed by atoms with E-state index < -0.39 is 17.0 Å². The van der Waals surface area contributed by atoms with E-state index in [0.717, 1.165) is 62.5 Å². The van der Waals surface area contributed by atoms with Gasteiger partial charge in [0.15, 0.2) is 0 Å². The second-order valence-corrected chi connectivity index (χ2v) is 9.39. The van der Waals surface area contributed by atoms with Crippen molar-refractivity contribution in [2.75, 3.05) is 0 Å². The topological polar surface area (TPSA) is 104 Å². The Hall–Kier alpha value is -2.24. The van der Waals surface area contributed by atoms with Crippen molar-refractivity contribution in [3.8, 4) is 11.5 Å². The van der Waals surface area contributed by atoms with E-state index in [1.165, 1.54) is 6.07 Å². The highest BCUT2D eigenvalue weighted by atomic mass is 16.5. The number of aliphatic carboxylic acids is 1. The van der Waals surface area contributed by atoms with Crippen molar-refractivity contribution in [1.29, 1.82) is 0 Å².